The zero-order valence-electron chi connectivity index (χ0n) is 17.5. The molecule has 2 nitrogen and oxygen atoms in total. The van der Waals surface area contributed by atoms with Gasteiger partial charge in [-0.1, -0.05) is 52.0 Å². The zero-order chi connectivity index (χ0) is 21.9. The summed E-state index contributed by atoms with van der Waals surface area (Å²) in [4.78, 5) is 11.5. The molecule has 3 aromatic rings. The van der Waals surface area contributed by atoms with E-state index >= 15 is 0 Å². The van der Waals surface area contributed by atoms with Crippen LogP contribution in [0.4, 0.5) is 11.4 Å². The third-order valence-corrected chi connectivity index (χ3v) is 5.36. The van der Waals surface area contributed by atoms with E-state index < -0.39 is 0 Å². The van der Waals surface area contributed by atoms with Gasteiger partial charge in [0.15, 0.2) is 0 Å². The van der Waals surface area contributed by atoms with Crippen LogP contribution in [0.1, 0.15) is 60.4 Å². The number of aliphatic imine (C=N–C) groups is 2. The standard InChI is InChI=1S/C24H26N2S.2ClH.Fe/c1-17(2)19-7-5-9-21(13-19)25-15-23-11-12-24(27-23)16-26-22-10-6-8-20(14-22)18(3)4;;;/h5-18H,1-4H3;2*1H;/q;;;+2/p-2. The van der Waals surface area contributed by atoms with Gasteiger partial charge in [0.25, 0.3) is 0 Å². The summed E-state index contributed by atoms with van der Waals surface area (Å²) in [6.45, 7) is 8.80. The van der Waals surface area contributed by atoms with Crippen molar-refractivity contribution in [3.8, 4) is 0 Å². The van der Waals surface area contributed by atoms with E-state index in [9.17, 15) is 0 Å². The van der Waals surface area contributed by atoms with Crippen LogP contribution >= 0.6 is 31.5 Å². The van der Waals surface area contributed by atoms with Crippen LogP contribution in [0.3, 0.4) is 0 Å². The van der Waals surface area contributed by atoms with E-state index in [1.807, 2.05) is 24.6 Å². The average molecular weight is 501 g/mol. The molecule has 2 aromatic carbocycles. The summed E-state index contributed by atoms with van der Waals surface area (Å²) in [5.74, 6) is 1.03. The molecule has 0 amide bonds. The Balaban J connectivity index is 0.00000101. The molecule has 0 saturated carbocycles. The van der Waals surface area contributed by atoms with Gasteiger partial charge in [0.1, 0.15) is 0 Å². The van der Waals surface area contributed by atoms with Gasteiger partial charge in [-0.25, -0.2) is 0 Å². The Labute approximate surface area is 198 Å². The predicted octanol–water partition coefficient (Wildman–Crippen LogP) is 8.87. The molecule has 0 spiro atoms. The van der Waals surface area contributed by atoms with Gasteiger partial charge >= 0.3 is 33.3 Å². The molecule has 1 heterocycles. The van der Waals surface area contributed by atoms with E-state index in [1.54, 1.807) is 11.3 Å². The van der Waals surface area contributed by atoms with Crippen molar-refractivity contribution in [3.05, 3.63) is 81.5 Å². The molecule has 0 aliphatic rings. The SMILES string of the molecule is CC(C)c1cccc(N=Cc2ccc(C=Nc3cccc(C(C)C)c3)s2)c1.[Cl][Fe][Cl]. The summed E-state index contributed by atoms with van der Waals surface area (Å²) in [5.41, 5.74) is 4.62. The van der Waals surface area contributed by atoms with Crippen molar-refractivity contribution < 1.29 is 13.1 Å². The van der Waals surface area contributed by atoms with Gasteiger partial charge in [0, 0.05) is 22.2 Å². The van der Waals surface area contributed by atoms with E-state index in [2.05, 4.69) is 86.2 Å². The Morgan fingerprint density at radius 3 is 1.50 bits per heavy atom. The Bertz CT molecular complexity index is 905. The van der Waals surface area contributed by atoms with E-state index in [-0.39, 0.29) is 13.1 Å². The second-order valence-corrected chi connectivity index (χ2v) is 10.3. The van der Waals surface area contributed by atoms with Gasteiger partial charge in [-0.2, -0.15) is 0 Å². The molecular weight excluding hydrogens is 475 g/mol. The van der Waals surface area contributed by atoms with Crippen LogP contribution in [0, 0.1) is 0 Å². The molecule has 0 radical (unpaired) electrons. The first-order valence-corrected chi connectivity index (χ1v) is 13.5. The van der Waals surface area contributed by atoms with Crippen LogP contribution in [0.5, 0.6) is 0 Å². The first-order chi connectivity index (χ1) is 14.4. The normalized spacial score (nSPS) is 11.6. The monoisotopic (exact) mass is 500 g/mol. The molecule has 0 unspecified atom stereocenters. The molecule has 30 heavy (non-hydrogen) atoms. The van der Waals surface area contributed by atoms with Crippen LogP contribution in [-0.2, 0) is 13.1 Å². The van der Waals surface area contributed by atoms with Gasteiger partial charge in [0.2, 0.25) is 0 Å². The summed E-state index contributed by atoms with van der Waals surface area (Å²) in [7, 11) is 9.53. The van der Waals surface area contributed by atoms with E-state index in [4.69, 9.17) is 20.2 Å². The molecule has 0 fully saturated rings. The number of rotatable bonds is 6. The summed E-state index contributed by atoms with van der Waals surface area (Å²) >= 11 is 1.89. The van der Waals surface area contributed by atoms with Crippen molar-refractivity contribution in [3.63, 3.8) is 0 Å². The molecular formula is C24H26Cl2FeN2S. The molecule has 6 heteroatoms. The topological polar surface area (TPSA) is 24.7 Å². The van der Waals surface area contributed by atoms with Crippen molar-refractivity contribution in [2.45, 2.75) is 39.5 Å². The molecule has 0 saturated heterocycles. The fourth-order valence-corrected chi connectivity index (χ4v) is 3.47. The Kier molecular flexibility index (Phi) is 10.8. The molecule has 1 aromatic heterocycles. The maximum absolute atomic E-state index is 4.76. The van der Waals surface area contributed by atoms with Gasteiger partial charge in [-0.15, -0.1) is 11.3 Å². The third-order valence-electron chi connectivity index (χ3n) is 4.40. The minimum atomic E-state index is 0.194. The van der Waals surface area contributed by atoms with Crippen molar-refractivity contribution in [2.75, 3.05) is 0 Å². The second-order valence-electron chi connectivity index (χ2n) is 7.31. The summed E-state index contributed by atoms with van der Waals surface area (Å²) in [5, 5.41) is 0. The van der Waals surface area contributed by atoms with E-state index in [0.717, 1.165) is 21.1 Å². The Hall–Kier alpha value is -1.42. The zero-order valence-corrected chi connectivity index (χ0v) is 20.9. The van der Waals surface area contributed by atoms with Crippen molar-refractivity contribution in [1.82, 2.24) is 0 Å². The second kappa shape index (κ2) is 13.1. The number of thiophene rings is 1. The summed E-state index contributed by atoms with van der Waals surface area (Å²) in [6.07, 6.45) is 3.86. The van der Waals surface area contributed by atoms with Crippen LogP contribution in [0.25, 0.3) is 0 Å². The van der Waals surface area contributed by atoms with Gasteiger partial charge in [0.05, 0.1) is 11.4 Å². The quantitative estimate of drug-likeness (QED) is 0.238. The van der Waals surface area contributed by atoms with E-state index in [1.165, 1.54) is 11.1 Å². The van der Waals surface area contributed by atoms with Crippen LogP contribution in [0.2, 0.25) is 0 Å². The van der Waals surface area contributed by atoms with Gasteiger partial charge in [-0.05, 0) is 59.4 Å². The number of halogens is 2. The van der Waals surface area contributed by atoms with Gasteiger partial charge in [-0.3, -0.25) is 9.98 Å². The van der Waals surface area contributed by atoms with Crippen molar-refractivity contribution in [1.29, 1.82) is 0 Å². The minimum absolute atomic E-state index is 0.194. The summed E-state index contributed by atoms with van der Waals surface area (Å²) in [6, 6.07) is 21.0. The Morgan fingerprint density at radius 1 is 0.733 bits per heavy atom. The van der Waals surface area contributed by atoms with Crippen LogP contribution in [0.15, 0.2) is 70.6 Å². The number of hydrogen-bond acceptors (Lipinski definition) is 3. The van der Waals surface area contributed by atoms with E-state index in [0.29, 0.717) is 11.8 Å². The molecule has 0 aliphatic heterocycles. The molecule has 160 valence electrons. The molecule has 3 rings (SSSR count). The first kappa shape index (κ1) is 24.8. The van der Waals surface area contributed by atoms with Crippen molar-refractivity contribution in [2.24, 2.45) is 9.98 Å². The average Bonchev–Trinajstić information content (AvgIpc) is 3.20. The fourth-order valence-electron chi connectivity index (χ4n) is 2.71. The molecule has 0 aliphatic carbocycles. The third kappa shape index (κ3) is 8.37. The van der Waals surface area contributed by atoms with Crippen molar-refractivity contribution >= 4 is 55.3 Å². The molecule has 0 bridgehead atoms. The Morgan fingerprint density at radius 2 is 1.13 bits per heavy atom. The molecule has 0 atom stereocenters. The molecule has 0 N–H and O–H groups in total. The summed E-state index contributed by atoms with van der Waals surface area (Å²) < 4.78 is 0. The predicted molar refractivity (Wildman–Crippen MR) is 132 cm³/mol. The van der Waals surface area contributed by atoms with Crippen LogP contribution in [-0.4, -0.2) is 12.4 Å². The number of hydrogen-bond donors (Lipinski definition) is 0. The van der Waals surface area contributed by atoms with Crippen LogP contribution < -0.4 is 0 Å². The number of nitrogens with zero attached hydrogens (tertiary/aromatic N) is 2. The first-order valence-electron chi connectivity index (χ1n) is 9.66. The number of benzene rings is 2. The fraction of sp³-hybridized carbons (Fsp3) is 0.250. The maximum atomic E-state index is 4.76. The van der Waals surface area contributed by atoms with Gasteiger partial charge < -0.3 is 0 Å².